The molecule has 218 valence electrons. The Kier molecular flexibility index (Phi) is 7.04. The van der Waals surface area contributed by atoms with E-state index in [0.717, 1.165) is 9.26 Å². The summed E-state index contributed by atoms with van der Waals surface area (Å²) in [6.45, 7) is 0. The second-order valence-electron chi connectivity index (χ2n) is 9.27. The fourth-order valence-corrected chi connectivity index (χ4v) is 4.27. The fourth-order valence-electron chi connectivity index (χ4n) is 4.27. The highest BCUT2D eigenvalue weighted by Gasteiger charge is 2.18. The molecule has 2 amide bonds. The molecule has 0 aliphatic heterocycles. The van der Waals surface area contributed by atoms with Gasteiger partial charge in [-0.05, 0) is 93.4 Å². The second kappa shape index (κ2) is 11.3. The number of hydrogen-bond donors (Lipinski definition) is 4. The summed E-state index contributed by atoms with van der Waals surface area (Å²) in [5, 5.41) is 54.2. The number of fused-ring (bicyclic) bond motifs is 2. The summed E-state index contributed by atoms with van der Waals surface area (Å²) in [5.41, 5.74) is 1.77. The molecule has 0 bridgehead atoms. The van der Waals surface area contributed by atoms with Crippen LogP contribution in [0.5, 0.6) is 0 Å². The van der Waals surface area contributed by atoms with E-state index in [1.54, 1.807) is 12.1 Å². The number of aromatic carboxylic acids is 2. The van der Waals surface area contributed by atoms with E-state index in [9.17, 15) is 29.4 Å². The van der Waals surface area contributed by atoms with E-state index < -0.39 is 23.8 Å². The Labute approximate surface area is 244 Å². The predicted octanol–water partition coefficient (Wildman–Crippen LogP) is 1.04. The van der Waals surface area contributed by atoms with Crippen LogP contribution >= 0.6 is 0 Å². The third-order valence-electron chi connectivity index (χ3n) is 6.43. The van der Waals surface area contributed by atoms with Crippen LogP contribution in [0.1, 0.15) is 52.8 Å². The van der Waals surface area contributed by atoms with Gasteiger partial charge in [0, 0.05) is 0 Å². The number of carboxylic acid groups (broad SMARTS) is 2. The molecule has 0 aliphatic rings. The number of rotatable bonds is 9. The third kappa shape index (κ3) is 5.57. The van der Waals surface area contributed by atoms with Gasteiger partial charge in [-0.1, -0.05) is 12.1 Å². The van der Waals surface area contributed by atoms with Crippen molar-refractivity contribution < 1.29 is 29.4 Å². The second-order valence-corrected chi connectivity index (χ2v) is 9.27. The summed E-state index contributed by atoms with van der Waals surface area (Å²) in [6.07, 6.45) is 0.738. The van der Waals surface area contributed by atoms with E-state index >= 15 is 0 Å². The molecule has 4 heterocycles. The maximum atomic E-state index is 12.8. The van der Waals surface area contributed by atoms with Gasteiger partial charge in [-0.2, -0.15) is 0 Å². The zero-order valence-corrected chi connectivity index (χ0v) is 22.2. The van der Waals surface area contributed by atoms with Gasteiger partial charge in [-0.15, -0.1) is 29.7 Å². The first-order valence-electron chi connectivity index (χ1n) is 12.7. The van der Waals surface area contributed by atoms with Gasteiger partial charge in [0.15, 0.2) is 22.7 Å². The van der Waals surface area contributed by atoms with Crippen molar-refractivity contribution in [1.29, 1.82) is 0 Å². The largest absolute Gasteiger partial charge is 0.478 e. The van der Waals surface area contributed by atoms with E-state index in [1.165, 1.54) is 48.5 Å². The summed E-state index contributed by atoms with van der Waals surface area (Å²) in [6, 6.07) is 14.9. The van der Waals surface area contributed by atoms with Crippen molar-refractivity contribution in [1.82, 2.24) is 50.5 Å². The molecule has 2 aromatic carbocycles. The standard InChI is InChI=1S/C26H18N12O6/c39-23(18-7-9-21-29-33-35-37(21)31-18)27-17-6-4-13(11-16(17)26(43)44)1-2-14-3-5-15(25(41)42)20(12-14)28-24(40)19-8-10-22-30-34-36-38(22)32-19/h3-12H,1-2H2,(H,27,39)(H,28,40)(H,41,42)(H,43,44). The van der Waals surface area contributed by atoms with Crippen LogP contribution in [0, 0.1) is 0 Å². The van der Waals surface area contributed by atoms with E-state index in [-0.39, 0.29) is 33.9 Å². The number of benzene rings is 2. The number of carbonyl (C=O) groups is 4. The van der Waals surface area contributed by atoms with Crippen LogP contribution in [-0.4, -0.2) is 84.5 Å². The maximum absolute atomic E-state index is 12.8. The Bertz CT molecular complexity index is 2110. The summed E-state index contributed by atoms with van der Waals surface area (Å²) < 4.78 is 2.14. The highest BCUT2D eigenvalue weighted by molar-refractivity contribution is 6.07. The molecule has 0 aliphatic carbocycles. The molecule has 4 N–H and O–H groups in total. The number of carbonyl (C=O) groups excluding carboxylic acids is 2. The van der Waals surface area contributed by atoms with Crippen molar-refractivity contribution in [2.75, 3.05) is 10.6 Å². The topological polar surface area (TPSA) is 245 Å². The Hall–Kier alpha value is -6.72. The van der Waals surface area contributed by atoms with Gasteiger partial charge in [0.05, 0.1) is 22.5 Å². The minimum Gasteiger partial charge on any atom is -0.478 e. The Morgan fingerprint density at radius 3 is 1.70 bits per heavy atom. The lowest BCUT2D eigenvalue weighted by Crippen LogP contribution is -2.18. The minimum atomic E-state index is -1.25. The number of hydrogen-bond acceptors (Lipinski definition) is 12. The number of amides is 2. The summed E-state index contributed by atoms with van der Waals surface area (Å²) in [4.78, 5) is 49.4. The van der Waals surface area contributed by atoms with Gasteiger partial charge >= 0.3 is 11.9 Å². The number of nitrogens with one attached hydrogen (secondary N) is 2. The molecule has 6 rings (SSSR count). The molecule has 4 aromatic heterocycles. The number of aryl methyl sites for hydroxylation is 2. The van der Waals surface area contributed by atoms with Crippen LogP contribution in [0.2, 0.25) is 0 Å². The molecule has 0 saturated heterocycles. The van der Waals surface area contributed by atoms with Crippen LogP contribution in [0.15, 0.2) is 60.7 Å². The van der Waals surface area contributed by atoms with Crippen LogP contribution < -0.4 is 10.6 Å². The molecule has 18 nitrogen and oxygen atoms in total. The molecule has 0 spiro atoms. The summed E-state index contributed by atoms with van der Waals surface area (Å²) in [7, 11) is 0. The Morgan fingerprint density at radius 1 is 0.614 bits per heavy atom. The molecule has 0 saturated carbocycles. The number of tetrazole rings is 2. The lowest BCUT2D eigenvalue weighted by molar-refractivity contribution is 0.0687. The molecule has 44 heavy (non-hydrogen) atoms. The zero-order chi connectivity index (χ0) is 30.8. The summed E-state index contributed by atoms with van der Waals surface area (Å²) >= 11 is 0. The van der Waals surface area contributed by atoms with E-state index in [1.807, 2.05) is 0 Å². The van der Waals surface area contributed by atoms with Crippen LogP contribution in [0.4, 0.5) is 11.4 Å². The number of carboxylic acids is 2. The van der Waals surface area contributed by atoms with Crippen molar-refractivity contribution in [2.24, 2.45) is 0 Å². The third-order valence-corrected chi connectivity index (χ3v) is 6.43. The molecule has 0 atom stereocenters. The van der Waals surface area contributed by atoms with Crippen molar-refractivity contribution in [3.05, 3.63) is 94.3 Å². The highest BCUT2D eigenvalue weighted by Crippen LogP contribution is 2.23. The van der Waals surface area contributed by atoms with Crippen LogP contribution in [-0.2, 0) is 12.8 Å². The van der Waals surface area contributed by atoms with Crippen LogP contribution in [0.3, 0.4) is 0 Å². The molecule has 6 aromatic rings. The minimum absolute atomic E-state index is 0.0235. The Morgan fingerprint density at radius 2 is 1.14 bits per heavy atom. The molecular formula is C26H18N12O6. The first-order valence-corrected chi connectivity index (χ1v) is 12.7. The van der Waals surface area contributed by atoms with Gasteiger partial charge in [0.1, 0.15) is 0 Å². The van der Waals surface area contributed by atoms with Gasteiger partial charge in [0.2, 0.25) is 0 Å². The van der Waals surface area contributed by atoms with Gasteiger partial charge < -0.3 is 20.8 Å². The van der Waals surface area contributed by atoms with Crippen LogP contribution in [0.25, 0.3) is 11.3 Å². The molecule has 0 radical (unpaired) electrons. The molecule has 0 fully saturated rings. The van der Waals surface area contributed by atoms with E-state index in [4.69, 9.17) is 0 Å². The first-order chi connectivity index (χ1) is 21.2. The molecular weight excluding hydrogens is 576 g/mol. The SMILES string of the molecule is O=C(Nc1cc(CCc2ccc(NC(=O)c3ccc4nnnn4n3)c(C(=O)O)c2)ccc1C(=O)O)c1ccc2nnnn2n1. The molecule has 0 unspecified atom stereocenters. The van der Waals surface area contributed by atoms with Gasteiger partial charge in [0.25, 0.3) is 11.8 Å². The van der Waals surface area contributed by atoms with E-state index in [0.29, 0.717) is 35.3 Å². The molecule has 18 heteroatoms. The van der Waals surface area contributed by atoms with Crippen molar-refractivity contribution in [3.63, 3.8) is 0 Å². The number of nitrogens with zero attached hydrogens (tertiary/aromatic N) is 10. The van der Waals surface area contributed by atoms with Crippen molar-refractivity contribution in [2.45, 2.75) is 12.8 Å². The average Bonchev–Trinajstić information content (AvgIpc) is 3.69. The smallest absolute Gasteiger partial charge is 0.337 e. The monoisotopic (exact) mass is 594 g/mol. The Balaban J connectivity index is 1.17. The predicted molar refractivity (Wildman–Crippen MR) is 147 cm³/mol. The summed E-state index contributed by atoms with van der Waals surface area (Å²) in [5.74, 6) is -3.82. The zero-order valence-electron chi connectivity index (χ0n) is 22.2. The normalized spacial score (nSPS) is 11.0. The van der Waals surface area contributed by atoms with Gasteiger partial charge in [-0.25, -0.2) is 9.59 Å². The number of aromatic nitrogens is 10. The maximum Gasteiger partial charge on any atom is 0.337 e. The lowest BCUT2D eigenvalue weighted by atomic mass is 9.99. The lowest BCUT2D eigenvalue weighted by Gasteiger charge is -2.12. The number of anilines is 2. The first kappa shape index (κ1) is 27.4. The quantitative estimate of drug-likeness (QED) is 0.183. The van der Waals surface area contributed by atoms with Crippen molar-refractivity contribution in [3.8, 4) is 0 Å². The van der Waals surface area contributed by atoms with Gasteiger partial charge in [-0.3, -0.25) is 9.59 Å². The van der Waals surface area contributed by atoms with Crippen molar-refractivity contribution >= 4 is 46.4 Å². The average molecular weight is 595 g/mol. The highest BCUT2D eigenvalue weighted by atomic mass is 16.4. The van der Waals surface area contributed by atoms with E-state index in [2.05, 4.69) is 51.9 Å². The fraction of sp³-hybridized carbons (Fsp3) is 0.0769.